The molecule has 0 fully saturated rings. The molecule has 6 heteroatoms. The van der Waals surface area contributed by atoms with E-state index in [0.29, 0.717) is 19.3 Å². The summed E-state index contributed by atoms with van der Waals surface area (Å²) in [5.41, 5.74) is 1.03. The standard InChI is InChI=1S/C12H8BrIN2O2/c13-8-6-15-4-3-10(8)16-12(18)7-1-2-9(14)11(17)5-7/h1-6,17H,(H,15,16,18). The van der Waals surface area contributed by atoms with Crippen LogP contribution in [-0.2, 0) is 0 Å². The highest BCUT2D eigenvalue weighted by Gasteiger charge is 2.10. The van der Waals surface area contributed by atoms with Gasteiger partial charge in [-0.15, -0.1) is 0 Å². The molecule has 0 spiro atoms. The minimum absolute atomic E-state index is 0.0945. The third kappa shape index (κ3) is 2.99. The van der Waals surface area contributed by atoms with E-state index in [4.69, 9.17) is 0 Å². The van der Waals surface area contributed by atoms with Gasteiger partial charge in [-0.1, -0.05) is 0 Å². The van der Waals surface area contributed by atoms with Gasteiger partial charge < -0.3 is 10.4 Å². The molecule has 0 radical (unpaired) electrons. The summed E-state index contributed by atoms with van der Waals surface area (Å²) < 4.78 is 1.40. The van der Waals surface area contributed by atoms with E-state index in [2.05, 4.69) is 26.2 Å². The van der Waals surface area contributed by atoms with Gasteiger partial charge in [0.05, 0.1) is 13.7 Å². The van der Waals surface area contributed by atoms with E-state index in [1.54, 1.807) is 30.6 Å². The van der Waals surface area contributed by atoms with Gasteiger partial charge >= 0.3 is 0 Å². The molecule has 1 amide bonds. The fourth-order valence-electron chi connectivity index (χ4n) is 1.32. The maximum atomic E-state index is 12.0. The van der Waals surface area contributed by atoms with Crippen LogP contribution in [0.15, 0.2) is 41.1 Å². The number of halogens is 2. The molecular weight excluding hydrogens is 411 g/mol. The number of pyridine rings is 1. The van der Waals surface area contributed by atoms with Gasteiger partial charge in [0.2, 0.25) is 0 Å². The lowest BCUT2D eigenvalue weighted by Gasteiger charge is -2.07. The molecule has 2 aromatic rings. The average molecular weight is 419 g/mol. The Labute approximate surface area is 126 Å². The summed E-state index contributed by atoms with van der Waals surface area (Å²) in [5.74, 6) is -0.189. The van der Waals surface area contributed by atoms with Crippen LogP contribution in [0.2, 0.25) is 0 Å². The monoisotopic (exact) mass is 418 g/mol. The number of anilines is 1. The van der Waals surface area contributed by atoms with Gasteiger partial charge in [0, 0.05) is 18.0 Å². The Kier molecular flexibility index (Phi) is 4.18. The molecule has 1 aromatic heterocycles. The zero-order chi connectivity index (χ0) is 13.1. The van der Waals surface area contributed by atoms with E-state index in [1.807, 2.05) is 22.6 Å². The maximum Gasteiger partial charge on any atom is 0.255 e. The fraction of sp³-hybridized carbons (Fsp3) is 0. The smallest absolute Gasteiger partial charge is 0.255 e. The van der Waals surface area contributed by atoms with Crippen molar-refractivity contribution in [3.05, 3.63) is 50.3 Å². The Bertz CT molecular complexity index is 604. The maximum absolute atomic E-state index is 12.0. The number of rotatable bonds is 2. The summed E-state index contributed by atoms with van der Waals surface area (Å²) >= 11 is 5.29. The van der Waals surface area contributed by atoms with Gasteiger partial charge in [0.1, 0.15) is 5.75 Å². The summed E-state index contributed by atoms with van der Waals surface area (Å²) in [6, 6.07) is 6.47. The molecule has 1 aromatic carbocycles. The van der Waals surface area contributed by atoms with Crippen LogP contribution in [0, 0.1) is 3.57 Å². The van der Waals surface area contributed by atoms with E-state index in [-0.39, 0.29) is 11.7 Å². The number of phenolic OH excluding ortho intramolecular Hbond substituents is 1. The fourth-order valence-corrected chi connectivity index (χ4v) is 2.01. The van der Waals surface area contributed by atoms with Gasteiger partial charge in [0.15, 0.2) is 0 Å². The highest BCUT2D eigenvalue weighted by molar-refractivity contribution is 14.1. The first-order chi connectivity index (χ1) is 8.58. The summed E-state index contributed by atoms with van der Waals surface area (Å²) in [7, 11) is 0. The Morgan fingerprint density at radius 2 is 2.17 bits per heavy atom. The summed E-state index contributed by atoms with van der Waals surface area (Å²) in [4.78, 5) is 15.9. The van der Waals surface area contributed by atoms with Crippen molar-refractivity contribution < 1.29 is 9.90 Å². The zero-order valence-corrected chi connectivity index (χ0v) is 12.8. The number of nitrogens with one attached hydrogen (secondary N) is 1. The zero-order valence-electron chi connectivity index (χ0n) is 9.02. The molecule has 0 aliphatic rings. The first-order valence-corrected chi connectivity index (χ1v) is 6.84. The van der Waals surface area contributed by atoms with Gasteiger partial charge in [-0.25, -0.2) is 0 Å². The van der Waals surface area contributed by atoms with Crippen LogP contribution in [0.4, 0.5) is 5.69 Å². The van der Waals surface area contributed by atoms with Crippen molar-refractivity contribution in [2.24, 2.45) is 0 Å². The van der Waals surface area contributed by atoms with Crippen LogP contribution in [0.5, 0.6) is 5.75 Å². The summed E-state index contributed by atoms with van der Waals surface area (Å²) in [6.07, 6.45) is 3.19. The second-order valence-electron chi connectivity index (χ2n) is 3.48. The number of aromatic nitrogens is 1. The highest BCUT2D eigenvalue weighted by Crippen LogP contribution is 2.23. The number of carbonyl (C=O) groups excluding carboxylic acids is 1. The van der Waals surface area contributed by atoms with Gasteiger partial charge in [0.25, 0.3) is 5.91 Å². The molecule has 0 unspecified atom stereocenters. The lowest BCUT2D eigenvalue weighted by molar-refractivity contribution is 0.102. The van der Waals surface area contributed by atoms with Crippen LogP contribution in [0.1, 0.15) is 10.4 Å². The number of amides is 1. The molecule has 0 saturated carbocycles. The van der Waals surface area contributed by atoms with E-state index in [9.17, 15) is 9.90 Å². The summed E-state index contributed by atoms with van der Waals surface area (Å²) in [5, 5.41) is 12.3. The second-order valence-corrected chi connectivity index (χ2v) is 5.49. The van der Waals surface area contributed by atoms with Crippen molar-refractivity contribution in [3.63, 3.8) is 0 Å². The minimum Gasteiger partial charge on any atom is -0.507 e. The molecule has 0 aliphatic carbocycles. The van der Waals surface area contributed by atoms with E-state index < -0.39 is 0 Å². The Morgan fingerprint density at radius 3 is 2.83 bits per heavy atom. The minimum atomic E-state index is -0.284. The summed E-state index contributed by atoms with van der Waals surface area (Å²) in [6.45, 7) is 0. The number of hydrogen-bond acceptors (Lipinski definition) is 3. The van der Waals surface area contributed by atoms with Crippen molar-refractivity contribution in [1.82, 2.24) is 4.98 Å². The molecule has 1 heterocycles. The van der Waals surface area contributed by atoms with Crippen LogP contribution in [0.3, 0.4) is 0 Å². The lowest BCUT2D eigenvalue weighted by Crippen LogP contribution is -2.12. The molecule has 92 valence electrons. The van der Waals surface area contributed by atoms with Crippen molar-refractivity contribution in [3.8, 4) is 5.75 Å². The van der Waals surface area contributed by atoms with Crippen molar-refractivity contribution in [1.29, 1.82) is 0 Å². The first-order valence-electron chi connectivity index (χ1n) is 4.97. The van der Waals surface area contributed by atoms with E-state index in [1.165, 1.54) is 6.07 Å². The molecule has 0 aliphatic heterocycles. The quantitative estimate of drug-likeness (QED) is 0.734. The van der Waals surface area contributed by atoms with E-state index in [0.717, 1.165) is 0 Å². The van der Waals surface area contributed by atoms with Gasteiger partial charge in [-0.3, -0.25) is 9.78 Å². The van der Waals surface area contributed by atoms with Crippen LogP contribution in [0.25, 0.3) is 0 Å². The van der Waals surface area contributed by atoms with Crippen molar-refractivity contribution in [2.75, 3.05) is 5.32 Å². The molecule has 0 saturated heterocycles. The highest BCUT2D eigenvalue weighted by atomic mass is 127. The van der Waals surface area contributed by atoms with Gasteiger partial charge in [-0.05, 0) is 62.8 Å². The predicted molar refractivity (Wildman–Crippen MR) is 80.7 cm³/mol. The predicted octanol–water partition coefficient (Wildman–Crippen LogP) is 3.41. The molecule has 18 heavy (non-hydrogen) atoms. The first kappa shape index (κ1) is 13.3. The topological polar surface area (TPSA) is 62.2 Å². The Morgan fingerprint density at radius 1 is 1.39 bits per heavy atom. The normalized spacial score (nSPS) is 10.1. The Balaban J connectivity index is 2.22. The number of nitrogens with zero attached hydrogens (tertiary/aromatic N) is 1. The third-order valence-electron chi connectivity index (χ3n) is 2.23. The molecule has 4 nitrogen and oxygen atoms in total. The number of hydrogen-bond donors (Lipinski definition) is 2. The molecule has 2 N–H and O–H groups in total. The molecule has 0 atom stereocenters. The SMILES string of the molecule is O=C(Nc1ccncc1Br)c1ccc(I)c(O)c1. The second kappa shape index (κ2) is 5.66. The van der Waals surface area contributed by atoms with Crippen molar-refractivity contribution >= 4 is 50.1 Å². The average Bonchev–Trinajstić information content (AvgIpc) is 2.35. The largest absolute Gasteiger partial charge is 0.507 e. The van der Waals surface area contributed by atoms with Crippen LogP contribution >= 0.6 is 38.5 Å². The van der Waals surface area contributed by atoms with E-state index >= 15 is 0 Å². The Hall–Kier alpha value is -1.15. The molecule has 2 rings (SSSR count). The number of benzene rings is 1. The number of phenols is 1. The number of carbonyl (C=O) groups is 1. The number of aromatic hydroxyl groups is 1. The molecular formula is C12H8BrIN2O2. The third-order valence-corrected chi connectivity index (χ3v) is 3.77. The molecule has 0 bridgehead atoms. The van der Waals surface area contributed by atoms with Gasteiger partial charge in [-0.2, -0.15) is 0 Å². The van der Waals surface area contributed by atoms with Crippen LogP contribution in [-0.4, -0.2) is 16.0 Å². The van der Waals surface area contributed by atoms with Crippen LogP contribution < -0.4 is 5.32 Å². The van der Waals surface area contributed by atoms with Crippen molar-refractivity contribution in [2.45, 2.75) is 0 Å². The lowest BCUT2D eigenvalue weighted by atomic mass is 10.2.